The molecule has 516 valence electrons. The van der Waals surface area contributed by atoms with E-state index in [1.165, 1.54) is 29.2 Å². The first kappa shape index (κ1) is 73.7. The predicted molar refractivity (Wildman–Crippen MR) is 347 cm³/mol. The number of amides is 11. The molecule has 1 aromatic heterocycles. The number of thioether (sulfide) groups is 1. The Balaban J connectivity index is 1.26. The zero-order chi connectivity index (χ0) is 70.5. The maximum atomic E-state index is 14.8. The van der Waals surface area contributed by atoms with E-state index in [0.717, 1.165) is 6.92 Å². The third-order valence-corrected chi connectivity index (χ3v) is 17.0. The summed E-state index contributed by atoms with van der Waals surface area (Å²) in [6, 6.07) is 12.0. The van der Waals surface area contributed by atoms with Gasteiger partial charge in [0, 0.05) is 61.5 Å². The smallest absolute Gasteiger partial charge is 0.305 e. The highest BCUT2D eigenvalue weighted by Gasteiger charge is 2.41. The molecular formula is C65H77N13O18S. The molecule has 4 aromatic carbocycles. The molecule has 2 aliphatic heterocycles. The van der Waals surface area contributed by atoms with Gasteiger partial charge in [0.2, 0.25) is 70.1 Å². The van der Waals surface area contributed by atoms with E-state index in [-0.39, 0.29) is 43.5 Å². The number of para-hydroxylation sites is 1. The van der Waals surface area contributed by atoms with E-state index in [0.29, 0.717) is 45.8 Å². The fourth-order valence-electron chi connectivity index (χ4n) is 10.9. The first-order valence-electron chi connectivity index (χ1n) is 31.0. The number of aliphatic hydroxyl groups is 1. The van der Waals surface area contributed by atoms with Crippen molar-refractivity contribution in [3.63, 3.8) is 0 Å². The van der Waals surface area contributed by atoms with Crippen LogP contribution in [0.15, 0.2) is 115 Å². The molecule has 0 aliphatic carbocycles. The Hall–Kier alpha value is -10.7. The zero-order valence-corrected chi connectivity index (χ0v) is 53.3. The van der Waals surface area contributed by atoms with Crippen LogP contribution in [0.4, 0.5) is 0 Å². The lowest BCUT2D eigenvalue weighted by Gasteiger charge is -2.31. The lowest BCUT2D eigenvalue weighted by molar-refractivity contribution is -0.142. The van der Waals surface area contributed by atoms with E-state index in [9.17, 15) is 87.5 Å². The van der Waals surface area contributed by atoms with Gasteiger partial charge in [-0.05, 0) is 66.6 Å². The van der Waals surface area contributed by atoms with Gasteiger partial charge in [-0.15, -0.1) is 0 Å². The molecule has 0 bridgehead atoms. The van der Waals surface area contributed by atoms with Crippen LogP contribution in [0.5, 0.6) is 5.75 Å². The largest absolute Gasteiger partial charge is 0.508 e. The molecule has 3 heterocycles. The second-order valence-electron chi connectivity index (χ2n) is 23.4. The van der Waals surface area contributed by atoms with Crippen molar-refractivity contribution in [3.05, 3.63) is 138 Å². The average molecular weight is 1360 g/mol. The molecule has 11 amide bonds. The van der Waals surface area contributed by atoms with Crippen LogP contribution in [0.25, 0.3) is 10.9 Å². The topological polar surface area (TPSA) is 499 Å². The molecule has 5 aromatic rings. The Morgan fingerprint density at radius 1 is 0.567 bits per heavy atom. The van der Waals surface area contributed by atoms with Crippen LogP contribution in [0.3, 0.4) is 0 Å². The second kappa shape index (κ2) is 35.1. The molecule has 2 aliphatic rings. The van der Waals surface area contributed by atoms with Crippen LogP contribution in [0, 0.1) is 0 Å². The number of carbonyl (C=O) groups excluding carboxylic acids is 12. The van der Waals surface area contributed by atoms with Crippen molar-refractivity contribution in [2.75, 3.05) is 18.8 Å². The van der Waals surface area contributed by atoms with Gasteiger partial charge in [-0.1, -0.05) is 103 Å². The number of phenolic OH excluding ortho intramolecular Hbond substituents is 1. The fraction of sp³-hybridized carbons (Fsp3) is 0.385. The summed E-state index contributed by atoms with van der Waals surface area (Å²) in [7, 11) is 0. The predicted octanol–water partition coefficient (Wildman–Crippen LogP) is -2.67. The summed E-state index contributed by atoms with van der Waals surface area (Å²) in [4.78, 5) is 199. The number of aliphatic hydroxyl groups excluding tert-OH is 1. The summed E-state index contributed by atoms with van der Waals surface area (Å²) in [6.07, 6.45) is -4.35. The molecule has 32 heteroatoms. The number of nitrogens with two attached hydrogens (primary N) is 2. The third kappa shape index (κ3) is 21.9. The Labute approximate surface area is 559 Å². The van der Waals surface area contributed by atoms with Crippen molar-refractivity contribution < 1.29 is 87.5 Å². The maximum absolute atomic E-state index is 14.8. The Bertz CT molecular complexity index is 3710. The zero-order valence-electron chi connectivity index (χ0n) is 52.5. The van der Waals surface area contributed by atoms with Gasteiger partial charge in [-0.25, -0.2) is 0 Å². The van der Waals surface area contributed by atoms with Crippen LogP contribution < -0.4 is 59.3 Å². The van der Waals surface area contributed by atoms with Crippen molar-refractivity contribution >= 4 is 105 Å². The number of aromatic hydroxyl groups is 1. The van der Waals surface area contributed by atoms with Gasteiger partial charge in [0.1, 0.15) is 60.1 Å². The van der Waals surface area contributed by atoms with E-state index in [4.69, 9.17) is 11.5 Å². The summed E-state index contributed by atoms with van der Waals surface area (Å²) < 4.78 is 0. The minimum absolute atomic E-state index is 0.00963. The number of nitrogens with one attached hydrogen (secondary N) is 10. The highest BCUT2D eigenvalue weighted by Crippen LogP contribution is 2.26. The van der Waals surface area contributed by atoms with Gasteiger partial charge in [0.15, 0.2) is 0 Å². The maximum Gasteiger partial charge on any atom is 0.305 e. The number of rotatable bonds is 16. The summed E-state index contributed by atoms with van der Waals surface area (Å²) >= 11 is 0.619. The molecule has 11 atom stereocenters. The van der Waals surface area contributed by atoms with Crippen LogP contribution in [0.1, 0.15) is 67.7 Å². The number of H-pyrrole nitrogens is 1. The fourth-order valence-corrected chi connectivity index (χ4v) is 11.8. The number of carboxylic acids is 2. The first-order chi connectivity index (χ1) is 46.2. The quantitative estimate of drug-likeness (QED) is 0.0479. The van der Waals surface area contributed by atoms with Gasteiger partial charge in [-0.2, -0.15) is 0 Å². The lowest BCUT2D eigenvalue weighted by atomic mass is 10.0. The average Bonchev–Trinajstić information content (AvgIpc) is 1.77. The Morgan fingerprint density at radius 2 is 1.07 bits per heavy atom. The number of carboxylic acid groups (broad SMARTS) is 2. The molecule has 18 N–H and O–H groups in total. The lowest BCUT2D eigenvalue weighted by Crippen LogP contribution is -2.62. The van der Waals surface area contributed by atoms with E-state index < -0.39 is 193 Å². The van der Waals surface area contributed by atoms with Gasteiger partial charge >= 0.3 is 11.9 Å². The SMILES string of the molecule is C[C@@H](O)[C@@H]1NC(=O)[C@H](CC(N)=O)NC(=O)[C@H](CC(=O)O)NC(=O)[C@H](Cc2ccc(O)cc2)NC(=O)CNC(=O)[C@H](CCC(=O)O)NC(=O)[C@H](Cc2ccccc2)NC(=O)[C@H](Cc2c[nH]c3ccccc23)NC(=O)[C@@H](N)CSC(=O)[C@@H]2CCCN2C(=O)[C@H](Cc2ccccc2)NC1=O. The number of benzene rings is 4. The molecular weight excluding hydrogens is 1280 g/mol. The number of primary amides is 1. The Kier molecular flexibility index (Phi) is 26.7. The third-order valence-electron chi connectivity index (χ3n) is 15.9. The minimum Gasteiger partial charge on any atom is -0.508 e. The van der Waals surface area contributed by atoms with E-state index >= 15 is 0 Å². The number of aromatic amines is 1. The second-order valence-corrected chi connectivity index (χ2v) is 24.4. The highest BCUT2D eigenvalue weighted by molar-refractivity contribution is 8.13. The molecule has 2 fully saturated rings. The number of hydrogen-bond donors (Lipinski definition) is 16. The number of carbonyl (C=O) groups is 14. The standard InChI is InChI=1S/C65H77N13O18S/c1-34(79)55-63(94)76-49(27-36-13-6-3-7-14-36)64(95)78-24-10-17-50(78)65(96)97-33-41(66)56(87)72-46(28-38-31-68-42-16-9-8-15-40(38)42)60(91)73-45(25-35-11-4-2-5-12-35)59(90)71-43(22-23-53(83)84)57(88)69-32-52(82)70-44(26-37-18-20-39(80)21-19-37)58(89)75-48(30-54(85)86)61(92)74-47(29-51(67)81)62(93)77-55/h2-9,11-16,18-21,31,34,41,43-50,55,68,79-80H,10,17,22-30,32-33,66H2,1H3,(H2,67,81)(H,69,88)(H,70,82)(H,71,90)(H,72,87)(H,73,91)(H,74,92)(H,75,89)(H,76,94)(H,77,93)(H,83,84)(H,85,86)/t34-,41+,43+,44+,45+,46+,47+,48+,49+,50+,55+/m1/s1. The van der Waals surface area contributed by atoms with Crippen molar-refractivity contribution in [1.29, 1.82) is 0 Å². The molecule has 0 saturated carbocycles. The van der Waals surface area contributed by atoms with Crippen LogP contribution in [0.2, 0.25) is 0 Å². The van der Waals surface area contributed by atoms with Crippen LogP contribution in [-0.2, 0) is 92.8 Å². The number of aromatic nitrogens is 1. The van der Waals surface area contributed by atoms with Crippen molar-refractivity contribution in [2.45, 2.75) is 138 Å². The van der Waals surface area contributed by atoms with Gasteiger partial charge < -0.3 is 89.6 Å². The molecule has 0 unspecified atom stereocenters. The normalized spacial score (nSPS) is 24.1. The van der Waals surface area contributed by atoms with Crippen LogP contribution >= 0.6 is 11.8 Å². The van der Waals surface area contributed by atoms with Crippen molar-refractivity contribution in [3.8, 4) is 5.75 Å². The number of aliphatic carboxylic acids is 2. The molecule has 2 saturated heterocycles. The van der Waals surface area contributed by atoms with Crippen molar-refractivity contribution in [2.24, 2.45) is 11.5 Å². The van der Waals surface area contributed by atoms with Gasteiger partial charge in [0.05, 0.1) is 31.5 Å². The van der Waals surface area contributed by atoms with E-state index in [2.05, 4.69) is 52.8 Å². The summed E-state index contributed by atoms with van der Waals surface area (Å²) in [5.41, 5.74) is 14.5. The molecule has 0 radical (unpaired) electrons. The number of phenols is 1. The van der Waals surface area contributed by atoms with E-state index in [1.54, 1.807) is 91.1 Å². The van der Waals surface area contributed by atoms with Gasteiger partial charge in [0.25, 0.3) is 0 Å². The molecule has 7 rings (SSSR count). The number of fused-ring (bicyclic) bond motifs is 2. The summed E-state index contributed by atoms with van der Waals surface area (Å²) in [5, 5.41) is 62.5. The molecule has 31 nitrogen and oxygen atoms in total. The Morgan fingerprint density at radius 3 is 1.67 bits per heavy atom. The van der Waals surface area contributed by atoms with E-state index in [1.807, 2.05) is 0 Å². The highest BCUT2D eigenvalue weighted by atomic mass is 32.2. The number of hydrogen-bond acceptors (Lipinski definition) is 18. The molecule has 0 spiro atoms. The summed E-state index contributed by atoms with van der Waals surface area (Å²) in [5.74, 6) is -16.0. The minimum atomic E-state index is -2.12. The van der Waals surface area contributed by atoms with Crippen molar-refractivity contribution in [1.82, 2.24) is 57.7 Å². The first-order valence-corrected chi connectivity index (χ1v) is 31.9. The number of nitrogens with zero attached hydrogens (tertiary/aromatic N) is 1. The molecule has 97 heavy (non-hydrogen) atoms. The van der Waals surface area contributed by atoms with Crippen LogP contribution in [-0.4, -0.2) is 198 Å². The monoisotopic (exact) mass is 1360 g/mol. The van der Waals surface area contributed by atoms with Gasteiger partial charge in [-0.3, -0.25) is 67.1 Å². The summed E-state index contributed by atoms with van der Waals surface area (Å²) in [6.45, 7) is 0.119.